The maximum Gasteiger partial charge on any atom is 0.176 e. The standard InChI is InChI=1S/C12H15NO2/c1-8-9-5-4-6-10(14-3)12(9)15-11(8)7-13-2/h4-6,13H,7H2,1-3H3. The van der Waals surface area contributed by atoms with Gasteiger partial charge in [0.15, 0.2) is 11.3 Å². The van der Waals surface area contributed by atoms with Crippen molar-refractivity contribution >= 4 is 11.0 Å². The van der Waals surface area contributed by atoms with Gasteiger partial charge in [-0.15, -0.1) is 0 Å². The summed E-state index contributed by atoms with van der Waals surface area (Å²) in [5, 5.41) is 4.21. The molecule has 0 fully saturated rings. The lowest BCUT2D eigenvalue weighted by molar-refractivity contribution is 0.406. The number of para-hydroxylation sites is 1. The minimum atomic E-state index is 0.740. The number of rotatable bonds is 3. The van der Waals surface area contributed by atoms with Crippen LogP contribution in [0, 0.1) is 6.92 Å². The number of furan rings is 1. The number of ether oxygens (including phenoxy) is 1. The third kappa shape index (κ3) is 1.59. The maximum absolute atomic E-state index is 5.77. The Hall–Kier alpha value is -1.48. The molecule has 2 rings (SSSR count). The van der Waals surface area contributed by atoms with Crippen molar-refractivity contribution in [3.63, 3.8) is 0 Å². The Morgan fingerprint density at radius 1 is 1.40 bits per heavy atom. The first-order chi connectivity index (χ1) is 7.27. The zero-order valence-electron chi connectivity index (χ0n) is 9.26. The van der Waals surface area contributed by atoms with Crippen molar-refractivity contribution in [1.82, 2.24) is 5.32 Å². The monoisotopic (exact) mass is 205 g/mol. The molecule has 0 unspecified atom stereocenters. The Morgan fingerprint density at radius 2 is 2.20 bits per heavy atom. The van der Waals surface area contributed by atoms with Crippen LogP contribution in [0.5, 0.6) is 5.75 Å². The third-order valence-electron chi connectivity index (χ3n) is 2.58. The lowest BCUT2D eigenvalue weighted by atomic mass is 10.1. The fraction of sp³-hybridized carbons (Fsp3) is 0.333. The van der Waals surface area contributed by atoms with E-state index in [0.717, 1.165) is 29.0 Å². The van der Waals surface area contributed by atoms with Gasteiger partial charge >= 0.3 is 0 Å². The molecular weight excluding hydrogens is 190 g/mol. The molecule has 0 radical (unpaired) electrons. The number of benzene rings is 1. The van der Waals surface area contributed by atoms with E-state index in [-0.39, 0.29) is 0 Å². The van der Waals surface area contributed by atoms with E-state index in [1.807, 2.05) is 19.2 Å². The summed E-state index contributed by atoms with van der Waals surface area (Å²) in [4.78, 5) is 0. The zero-order chi connectivity index (χ0) is 10.8. The first kappa shape index (κ1) is 10.1. The van der Waals surface area contributed by atoms with Gasteiger partial charge in [0.25, 0.3) is 0 Å². The highest BCUT2D eigenvalue weighted by Crippen LogP contribution is 2.31. The molecule has 0 spiro atoms. The van der Waals surface area contributed by atoms with Gasteiger partial charge in [-0.1, -0.05) is 12.1 Å². The minimum absolute atomic E-state index is 0.740. The number of hydrogen-bond donors (Lipinski definition) is 1. The predicted molar refractivity (Wildman–Crippen MR) is 60.3 cm³/mol. The van der Waals surface area contributed by atoms with Crippen LogP contribution in [0.2, 0.25) is 0 Å². The third-order valence-corrected chi connectivity index (χ3v) is 2.58. The van der Waals surface area contributed by atoms with Crippen molar-refractivity contribution in [2.24, 2.45) is 0 Å². The van der Waals surface area contributed by atoms with Crippen molar-refractivity contribution in [3.05, 3.63) is 29.5 Å². The van der Waals surface area contributed by atoms with Crippen LogP contribution in [0.3, 0.4) is 0 Å². The Morgan fingerprint density at radius 3 is 2.87 bits per heavy atom. The Bertz CT molecular complexity index is 474. The fourth-order valence-corrected chi connectivity index (χ4v) is 1.76. The average molecular weight is 205 g/mol. The van der Waals surface area contributed by atoms with Crippen LogP contribution in [-0.4, -0.2) is 14.2 Å². The lowest BCUT2D eigenvalue weighted by Crippen LogP contribution is -2.04. The van der Waals surface area contributed by atoms with E-state index in [2.05, 4.69) is 18.3 Å². The van der Waals surface area contributed by atoms with Crippen LogP contribution in [0.15, 0.2) is 22.6 Å². The highest BCUT2D eigenvalue weighted by Gasteiger charge is 2.12. The molecule has 0 atom stereocenters. The molecular formula is C12H15NO2. The van der Waals surface area contributed by atoms with E-state index in [1.165, 1.54) is 5.56 Å². The van der Waals surface area contributed by atoms with E-state index in [1.54, 1.807) is 7.11 Å². The van der Waals surface area contributed by atoms with E-state index >= 15 is 0 Å². The summed E-state index contributed by atoms with van der Waals surface area (Å²) in [5.74, 6) is 1.76. The molecule has 1 aromatic carbocycles. The van der Waals surface area contributed by atoms with E-state index in [4.69, 9.17) is 9.15 Å². The number of hydrogen-bond acceptors (Lipinski definition) is 3. The summed E-state index contributed by atoms with van der Waals surface area (Å²) in [6, 6.07) is 5.94. The van der Waals surface area contributed by atoms with Crippen LogP contribution < -0.4 is 10.1 Å². The van der Waals surface area contributed by atoms with Gasteiger partial charge in [-0.05, 0) is 25.6 Å². The van der Waals surface area contributed by atoms with Crippen molar-refractivity contribution in [1.29, 1.82) is 0 Å². The van der Waals surface area contributed by atoms with Gasteiger partial charge < -0.3 is 14.5 Å². The molecule has 0 aliphatic carbocycles. The molecule has 0 saturated carbocycles. The molecule has 1 N–H and O–H groups in total. The molecule has 0 bridgehead atoms. The van der Waals surface area contributed by atoms with Crippen molar-refractivity contribution < 1.29 is 9.15 Å². The second-order valence-corrected chi connectivity index (χ2v) is 3.52. The van der Waals surface area contributed by atoms with Gasteiger partial charge in [-0.25, -0.2) is 0 Å². The molecule has 1 heterocycles. The minimum Gasteiger partial charge on any atom is -0.493 e. The Balaban J connectivity index is 2.64. The Kier molecular flexibility index (Phi) is 2.64. The molecule has 2 aromatic rings. The average Bonchev–Trinajstić information content (AvgIpc) is 2.57. The molecule has 0 saturated heterocycles. The van der Waals surface area contributed by atoms with Crippen LogP contribution in [0.25, 0.3) is 11.0 Å². The van der Waals surface area contributed by atoms with E-state index < -0.39 is 0 Å². The lowest BCUT2D eigenvalue weighted by Gasteiger charge is -1.98. The van der Waals surface area contributed by atoms with Gasteiger partial charge in [-0.2, -0.15) is 0 Å². The highest BCUT2D eigenvalue weighted by molar-refractivity contribution is 5.87. The topological polar surface area (TPSA) is 34.4 Å². The van der Waals surface area contributed by atoms with Crippen LogP contribution in [0.4, 0.5) is 0 Å². The second kappa shape index (κ2) is 3.95. The van der Waals surface area contributed by atoms with Gasteiger partial charge in [0.1, 0.15) is 5.76 Å². The molecule has 15 heavy (non-hydrogen) atoms. The summed E-state index contributed by atoms with van der Waals surface area (Å²) >= 11 is 0. The second-order valence-electron chi connectivity index (χ2n) is 3.52. The number of fused-ring (bicyclic) bond motifs is 1. The summed E-state index contributed by atoms with van der Waals surface area (Å²) in [6.45, 7) is 2.81. The van der Waals surface area contributed by atoms with Crippen molar-refractivity contribution in [2.45, 2.75) is 13.5 Å². The number of aryl methyl sites for hydroxylation is 1. The summed E-state index contributed by atoms with van der Waals surface area (Å²) in [5.41, 5.74) is 2.01. The predicted octanol–water partition coefficient (Wildman–Crippen LogP) is 2.47. The first-order valence-corrected chi connectivity index (χ1v) is 4.97. The number of nitrogens with one attached hydrogen (secondary N) is 1. The highest BCUT2D eigenvalue weighted by atomic mass is 16.5. The van der Waals surface area contributed by atoms with Crippen molar-refractivity contribution in [3.8, 4) is 5.75 Å². The summed E-state index contributed by atoms with van der Waals surface area (Å²) in [6.07, 6.45) is 0. The molecule has 1 aromatic heterocycles. The molecule has 0 aliphatic rings. The smallest absolute Gasteiger partial charge is 0.176 e. The first-order valence-electron chi connectivity index (χ1n) is 4.97. The van der Waals surface area contributed by atoms with Gasteiger partial charge in [0.05, 0.1) is 13.7 Å². The van der Waals surface area contributed by atoms with Gasteiger partial charge in [-0.3, -0.25) is 0 Å². The van der Waals surface area contributed by atoms with Gasteiger partial charge in [0, 0.05) is 5.39 Å². The summed E-state index contributed by atoms with van der Waals surface area (Å²) < 4.78 is 11.0. The number of methoxy groups -OCH3 is 1. The van der Waals surface area contributed by atoms with E-state index in [9.17, 15) is 0 Å². The van der Waals surface area contributed by atoms with Crippen LogP contribution in [0.1, 0.15) is 11.3 Å². The summed E-state index contributed by atoms with van der Waals surface area (Å²) in [7, 11) is 3.56. The Labute approximate surface area is 89.0 Å². The molecule has 80 valence electrons. The normalized spacial score (nSPS) is 10.9. The zero-order valence-corrected chi connectivity index (χ0v) is 9.26. The quantitative estimate of drug-likeness (QED) is 0.835. The molecule has 0 aliphatic heterocycles. The van der Waals surface area contributed by atoms with Crippen LogP contribution in [-0.2, 0) is 6.54 Å². The van der Waals surface area contributed by atoms with Gasteiger partial charge in [0.2, 0.25) is 0 Å². The fourth-order valence-electron chi connectivity index (χ4n) is 1.76. The largest absolute Gasteiger partial charge is 0.493 e. The maximum atomic E-state index is 5.77. The molecule has 3 heteroatoms. The van der Waals surface area contributed by atoms with E-state index in [0.29, 0.717) is 0 Å². The van der Waals surface area contributed by atoms with Crippen molar-refractivity contribution in [2.75, 3.05) is 14.2 Å². The SMILES string of the molecule is CNCc1oc2c(OC)cccc2c1C. The molecule has 3 nitrogen and oxygen atoms in total. The van der Waals surface area contributed by atoms with Crippen LogP contribution >= 0.6 is 0 Å². The molecule has 0 amide bonds.